The maximum atomic E-state index is 12.9. The Morgan fingerprint density at radius 1 is 0.865 bits per heavy atom. The highest BCUT2D eigenvalue weighted by Crippen LogP contribution is 2.27. The predicted molar refractivity (Wildman–Crippen MR) is 147 cm³/mol. The van der Waals surface area contributed by atoms with Crippen LogP contribution in [-0.4, -0.2) is 28.9 Å². The Labute approximate surface area is 218 Å². The van der Waals surface area contributed by atoms with Crippen molar-refractivity contribution >= 4 is 23.5 Å². The molecule has 3 N–H and O–H groups in total. The Bertz CT molecular complexity index is 1210. The number of hydrogen-bond acceptors (Lipinski definition) is 4. The first-order valence-corrected chi connectivity index (χ1v) is 12.1. The van der Waals surface area contributed by atoms with Gasteiger partial charge in [-0.15, -0.1) is 0 Å². The first-order valence-electron chi connectivity index (χ1n) is 12.1. The van der Waals surface area contributed by atoms with E-state index in [0.717, 1.165) is 0 Å². The van der Waals surface area contributed by atoms with Gasteiger partial charge in [-0.3, -0.25) is 9.59 Å². The van der Waals surface area contributed by atoms with Crippen LogP contribution in [0.2, 0.25) is 0 Å². The molecule has 0 saturated heterocycles. The number of benzene rings is 2. The number of carboxylic acid groups (broad SMARTS) is 1. The number of carbonyl (C=O) groups excluding carboxylic acids is 2. The number of carbonyl (C=O) groups is 3. The normalized spacial score (nSPS) is 12.8. The second-order valence-corrected chi connectivity index (χ2v) is 9.92. The van der Waals surface area contributed by atoms with Gasteiger partial charge < -0.3 is 20.5 Å². The van der Waals surface area contributed by atoms with Crippen molar-refractivity contribution in [2.75, 3.05) is 5.32 Å². The van der Waals surface area contributed by atoms with Crippen LogP contribution in [0, 0.1) is 0 Å². The first kappa shape index (κ1) is 29.1. The maximum absolute atomic E-state index is 12.9. The van der Waals surface area contributed by atoms with Crippen molar-refractivity contribution in [3.8, 4) is 11.5 Å². The van der Waals surface area contributed by atoms with Crippen LogP contribution in [-0.2, 0) is 19.8 Å². The zero-order valence-corrected chi connectivity index (χ0v) is 22.5. The summed E-state index contributed by atoms with van der Waals surface area (Å²) in [5.41, 5.74) is 1.81. The molecule has 196 valence electrons. The van der Waals surface area contributed by atoms with Gasteiger partial charge in [0.05, 0.1) is 5.57 Å². The van der Waals surface area contributed by atoms with E-state index in [1.165, 1.54) is 23.8 Å². The van der Waals surface area contributed by atoms with E-state index in [1.54, 1.807) is 38.1 Å². The fourth-order valence-corrected chi connectivity index (χ4v) is 3.31. The minimum Gasteiger partial charge on any atom is -0.478 e. The fourth-order valence-electron chi connectivity index (χ4n) is 3.31. The van der Waals surface area contributed by atoms with Gasteiger partial charge >= 0.3 is 5.97 Å². The summed E-state index contributed by atoms with van der Waals surface area (Å²) in [6.45, 7) is 13.3. The topological polar surface area (TPSA) is 105 Å². The highest BCUT2D eigenvalue weighted by atomic mass is 16.5. The van der Waals surface area contributed by atoms with Gasteiger partial charge in [0.2, 0.25) is 5.91 Å². The van der Waals surface area contributed by atoms with E-state index in [9.17, 15) is 19.5 Å². The molecule has 7 heteroatoms. The fraction of sp³-hybridized carbons (Fsp3) is 0.300. The number of allylic oxidation sites excluding steroid dienone is 3. The van der Waals surface area contributed by atoms with E-state index in [2.05, 4.69) is 31.4 Å². The van der Waals surface area contributed by atoms with Crippen molar-refractivity contribution in [3.05, 3.63) is 89.0 Å². The molecule has 0 aliphatic carbocycles. The van der Waals surface area contributed by atoms with Crippen molar-refractivity contribution in [1.82, 2.24) is 5.32 Å². The molecule has 0 atom stereocenters. The molecule has 0 bridgehead atoms. The lowest BCUT2D eigenvalue weighted by Crippen LogP contribution is -2.30. The van der Waals surface area contributed by atoms with Gasteiger partial charge in [0.15, 0.2) is 0 Å². The van der Waals surface area contributed by atoms with Crippen molar-refractivity contribution in [2.45, 2.75) is 59.9 Å². The summed E-state index contributed by atoms with van der Waals surface area (Å²) in [6, 6.07) is 14.6. The highest BCUT2D eigenvalue weighted by molar-refractivity contribution is 6.14. The van der Waals surface area contributed by atoms with Crippen molar-refractivity contribution in [1.29, 1.82) is 0 Å². The number of ether oxygens (including phenoxy) is 1. The third-order valence-corrected chi connectivity index (χ3v) is 5.40. The van der Waals surface area contributed by atoms with Crippen LogP contribution in [0.4, 0.5) is 5.69 Å². The molecule has 0 aromatic heterocycles. The summed E-state index contributed by atoms with van der Waals surface area (Å²) >= 11 is 0. The van der Waals surface area contributed by atoms with Gasteiger partial charge in [0.25, 0.3) is 5.91 Å². The zero-order valence-electron chi connectivity index (χ0n) is 22.5. The molecule has 7 nitrogen and oxygen atoms in total. The average Bonchev–Trinajstić information content (AvgIpc) is 2.81. The number of amides is 2. The lowest BCUT2D eigenvalue weighted by molar-refractivity contribution is -0.132. The third kappa shape index (κ3) is 8.79. The van der Waals surface area contributed by atoms with Gasteiger partial charge in [-0.25, -0.2) is 4.79 Å². The molecule has 2 aromatic carbocycles. The largest absolute Gasteiger partial charge is 0.478 e. The monoisotopic (exact) mass is 504 g/mol. The van der Waals surface area contributed by atoms with Crippen molar-refractivity contribution in [2.24, 2.45) is 0 Å². The molecular formula is C30H36N2O5. The molecule has 37 heavy (non-hydrogen) atoms. The lowest BCUT2D eigenvalue weighted by Gasteiger charge is -2.19. The molecule has 2 aromatic rings. The molecule has 2 amide bonds. The maximum Gasteiger partial charge on any atom is 0.336 e. The van der Waals surface area contributed by atoms with Crippen LogP contribution in [0.5, 0.6) is 11.5 Å². The molecule has 0 unspecified atom stereocenters. The Hall–Kier alpha value is -4.13. The molecule has 0 spiro atoms. The van der Waals surface area contributed by atoms with E-state index in [0.29, 0.717) is 22.8 Å². The standard InChI is InChI=1S/C30H36N2O5/c1-8-25(26(29(35)36)18-9-20(4)27(33)31-19(2)3)28(34)32-22-12-16-24(17-13-22)37-23-14-10-21(11-15-23)30(5,6)7/h8-19H,1-7H3,(H,31,33)(H,32,34)(H,35,36)/b20-9+,25-8+,26-18+. The van der Waals surface area contributed by atoms with Gasteiger partial charge in [0.1, 0.15) is 11.5 Å². The van der Waals surface area contributed by atoms with Gasteiger partial charge in [-0.05, 0) is 81.1 Å². The second-order valence-electron chi connectivity index (χ2n) is 9.92. The molecule has 0 radical (unpaired) electrons. The predicted octanol–water partition coefficient (Wildman–Crippen LogP) is 6.14. The summed E-state index contributed by atoms with van der Waals surface area (Å²) in [4.78, 5) is 36.9. The minimum absolute atomic E-state index is 0.0277. The van der Waals surface area contributed by atoms with Gasteiger partial charge in [0, 0.05) is 22.9 Å². The Kier molecular flexibility index (Phi) is 10.0. The van der Waals surface area contributed by atoms with E-state index >= 15 is 0 Å². The summed E-state index contributed by atoms with van der Waals surface area (Å²) in [5, 5.41) is 15.1. The average molecular weight is 505 g/mol. The van der Waals surface area contributed by atoms with Crippen LogP contribution < -0.4 is 15.4 Å². The number of aliphatic carboxylic acids is 1. The van der Waals surface area contributed by atoms with Crippen LogP contribution in [0.1, 0.15) is 54.0 Å². The van der Waals surface area contributed by atoms with E-state index in [1.807, 2.05) is 38.1 Å². The quantitative estimate of drug-likeness (QED) is 0.281. The molecular weight excluding hydrogens is 468 g/mol. The van der Waals surface area contributed by atoms with E-state index < -0.39 is 11.9 Å². The molecule has 0 heterocycles. The van der Waals surface area contributed by atoms with Crippen molar-refractivity contribution in [3.63, 3.8) is 0 Å². The van der Waals surface area contributed by atoms with E-state index in [-0.39, 0.29) is 28.5 Å². The minimum atomic E-state index is -1.28. The Morgan fingerprint density at radius 2 is 1.41 bits per heavy atom. The van der Waals surface area contributed by atoms with Crippen LogP contribution in [0.15, 0.2) is 83.5 Å². The van der Waals surface area contributed by atoms with Crippen LogP contribution in [0.25, 0.3) is 0 Å². The smallest absolute Gasteiger partial charge is 0.336 e. The summed E-state index contributed by atoms with van der Waals surface area (Å²) in [6.07, 6.45) is 4.07. The number of rotatable bonds is 9. The van der Waals surface area contributed by atoms with E-state index in [4.69, 9.17) is 4.74 Å². The Morgan fingerprint density at radius 3 is 1.86 bits per heavy atom. The molecule has 0 saturated carbocycles. The van der Waals surface area contributed by atoms with Crippen molar-refractivity contribution < 1.29 is 24.2 Å². The number of anilines is 1. The lowest BCUT2D eigenvalue weighted by atomic mass is 9.87. The second kappa shape index (κ2) is 12.7. The molecule has 0 aliphatic heterocycles. The molecule has 0 aliphatic rings. The number of hydrogen-bond donors (Lipinski definition) is 3. The summed E-state index contributed by atoms with van der Waals surface area (Å²) in [5.74, 6) is -0.880. The molecule has 2 rings (SSSR count). The highest BCUT2D eigenvalue weighted by Gasteiger charge is 2.20. The summed E-state index contributed by atoms with van der Waals surface area (Å²) in [7, 11) is 0. The molecule has 0 fully saturated rings. The summed E-state index contributed by atoms with van der Waals surface area (Å²) < 4.78 is 5.89. The first-order chi connectivity index (χ1) is 17.3. The van der Waals surface area contributed by atoms with Gasteiger partial charge in [-0.2, -0.15) is 0 Å². The Balaban J connectivity index is 2.13. The van der Waals surface area contributed by atoms with Gasteiger partial charge in [-0.1, -0.05) is 45.1 Å². The SMILES string of the molecule is C\C=C(C(=O)Nc1ccc(Oc2ccc(C(C)(C)C)cc2)cc1)/C(=C\C=C(/C)C(=O)NC(C)C)C(=O)O. The number of carboxylic acids is 1. The van der Waals surface area contributed by atoms with Crippen LogP contribution >= 0.6 is 0 Å². The van der Waals surface area contributed by atoms with Crippen LogP contribution in [0.3, 0.4) is 0 Å². The third-order valence-electron chi connectivity index (χ3n) is 5.40. The zero-order chi connectivity index (χ0) is 27.8. The number of nitrogens with one attached hydrogen (secondary N) is 2.